The molecule has 0 spiro atoms. The zero-order valence-corrected chi connectivity index (χ0v) is 15.5. The van der Waals surface area contributed by atoms with Crippen LogP contribution in [0.4, 0.5) is 0 Å². The Bertz CT molecular complexity index is 765. The summed E-state index contributed by atoms with van der Waals surface area (Å²) in [5, 5.41) is 2.49. The van der Waals surface area contributed by atoms with Crippen molar-refractivity contribution in [3.63, 3.8) is 0 Å². The van der Waals surface area contributed by atoms with Crippen LogP contribution in [0, 0.1) is 0 Å². The number of carbonyl (C=O) groups excluding carboxylic acids is 3. The third-order valence-corrected chi connectivity index (χ3v) is 3.91. The molecule has 0 fully saturated rings. The van der Waals surface area contributed by atoms with Gasteiger partial charge in [0.25, 0.3) is 0 Å². The van der Waals surface area contributed by atoms with E-state index in [1.54, 1.807) is 0 Å². The number of esters is 2. The largest absolute Gasteiger partial charge is 0.461 e. The van der Waals surface area contributed by atoms with Crippen LogP contribution in [-0.4, -0.2) is 30.4 Å². The first-order chi connectivity index (χ1) is 13.6. The Morgan fingerprint density at radius 1 is 0.857 bits per heavy atom. The average Bonchev–Trinajstić information content (AvgIpc) is 2.74. The van der Waals surface area contributed by atoms with Crippen molar-refractivity contribution in [2.75, 3.05) is 6.54 Å². The van der Waals surface area contributed by atoms with Gasteiger partial charge in [0.1, 0.15) is 19.3 Å². The Hall–Kier alpha value is -3.19. The summed E-state index contributed by atoms with van der Waals surface area (Å²) in [5.41, 5.74) is 6.99. The number of nitrogens with one attached hydrogen (secondary N) is 1. The molecule has 3 N–H and O–H groups in total. The third-order valence-electron chi connectivity index (χ3n) is 3.91. The molecule has 0 radical (unpaired) electrons. The van der Waals surface area contributed by atoms with E-state index in [4.69, 9.17) is 15.2 Å². The average molecular weight is 384 g/mol. The van der Waals surface area contributed by atoms with E-state index in [1.807, 2.05) is 60.7 Å². The van der Waals surface area contributed by atoms with Gasteiger partial charge < -0.3 is 20.5 Å². The minimum Gasteiger partial charge on any atom is -0.461 e. The van der Waals surface area contributed by atoms with Gasteiger partial charge in [0, 0.05) is 6.42 Å². The van der Waals surface area contributed by atoms with Gasteiger partial charge in [-0.2, -0.15) is 0 Å². The summed E-state index contributed by atoms with van der Waals surface area (Å²) in [6, 6.07) is 17.5. The predicted molar refractivity (Wildman–Crippen MR) is 103 cm³/mol. The van der Waals surface area contributed by atoms with Gasteiger partial charge in [-0.05, 0) is 17.5 Å². The van der Waals surface area contributed by atoms with E-state index >= 15 is 0 Å². The lowest BCUT2D eigenvalue weighted by atomic mass is 10.1. The third kappa shape index (κ3) is 7.59. The highest BCUT2D eigenvalue weighted by Crippen LogP contribution is 2.08. The van der Waals surface area contributed by atoms with Crippen molar-refractivity contribution in [1.82, 2.24) is 5.32 Å². The molecule has 0 heterocycles. The van der Waals surface area contributed by atoms with E-state index in [2.05, 4.69) is 5.32 Å². The Kier molecular flexibility index (Phi) is 8.68. The molecular weight excluding hydrogens is 360 g/mol. The van der Waals surface area contributed by atoms with Gasteiger partial charge in [-0.3, -0.25) is 9.59 Å². The van der Waals surface area contributed by atoms with Crippen LogP contribution >= 0.6 is 0 Å². The molecule has 0 aliphatic carbocycles. The van der Waals surface area contributed by atoms with Crippen LogP contribution in [0.2, 0.25) is 0 Å². The fourth-order valence-electron chi connectivity index (χ4n) is 2.40. The Labute approximate surface area is 163 Å². The Morgan fingerprint density at radius 3 is 1.93 bits per heavy atom. The van der Waals surface area contributed by atoms with Crippen LogP contribution in [0.5, 0.6) is 0 Å². The first-order valence-corrected chi connectivity index (χ1v) is 8.98. The standard InChI is InChI=1S/C21H24N2O5/c22-13-19(24)23-18(21(26)28-15-17-9-5-2-6-10-17)11-12-20(25)27-14-16-7-3-1-4-8-16/h1-10,18H,11-15,22H2,(H,23,24)/t18-/m0/s1. The minimum absolute atomic E-state index is 0.0389. The van der Waals surface area contributed by atoms with Gasteiger partial charge in [-0.15, -0.1) is 0 Å². The summed E-state index contributed by atoms with van der Waals surface area (Å²) in [5.74, 6) is -1.59. The number of ether oxygens (including phenoxy) is 2. The summed E-state index contributed by atoms with van der Waals surface area (Å²) in [7, 11) is 0. The number of amides is 1. The molecular formula is C21H24N2O5. The van der Waals surface area contributed by atoms with E-state index in [1.165, 1.54) is 0 Å². The topological polar surface area (TPSA) is 108 Å². The summed E-state index contributed by atoms with van der Waals surface area (Å²) in [6.45, 7) is -0.0357. The van der Waals surface area contributed by atoms with Crippen LogP contribution in [0.15, 0.2) is 60.7 Å². The molecule has 2 aromatic rings. The summed E-state index contributed by atoms with van der Waals surface area (Å²) in [6.07, 6.45) is 0.0236. The molecule has 0 unspecified atom stereocenters. The fourth-order valence-corrected chi connectivity index (χ4v) is 2.40. The predicted octanol–water partition coefficient (Wildman–Crippen LogP) is 1.70. The van der Waals surface area contributed by atoms with Crippen LogP contribution in [0.25, 0.3) is 0 Å². The molecule has 2 rings (SSSR count). The Balaban J connectivity index is 1.84. The monoisotopic (exact) mass is 384 g/mol. The molecule has 148 valence electrons. The SMILES string of the molecule is NCC(=O)N[C@@H](CCC(=O)OCc1ccccc1)C(=O)OCc1ccccc1. The zero-order chi connectivity index (χ0) is 20.2. The zero-order valence-electron chi connectivity index (χ0n) is 15.5. The highest BCUT2D eigenvalue weighted by atomic mass is 16.5. The summed E-state index contributed by atoms with van der Waals surface area (Å²) >= 11 is 0. The number of carbonyl (C=O) groups is 3. The lowest BCUT2D eigenvalue weighted by molar-refractivity contribution is -0.150. The van der Waals surface area contributed by atoms with Gasteiger partial charge in [0.2, 0.25) is 5.91 Å². The van der Waals surface area contributed by atoms with Crippen LogP contribution in [-0.2, 0) is 37.1 Å². The second-order valence-corrected chi connectivity index (χ2v) is 6.10. The normalized spacial score (nSPS) is 11.3. The van der Waals surface area contributed by atoms with E-state index in [-0.39, 0.29) is 32.6 Å². The van der Waals surface area contributed by atoms with E-state index in [0.717, 1.165) is 11.1 Å². The van der Waals surface area contributed by atoms with Gasteiger partial charge in [0.05, 0.1) is 6.54 Å². The van der Waals surface area contributed by atoms with Gasteiger partial charge in [-0.25, -0.2) is 4.79 Å². The molecule has 0 bridgehead atoms. The first-order valence-electron chi connectivity index (χ1n) is 8.98. The van der Waals surface area contributed by atoms with Crippen LogP contribution in [0.1, 0.15) is 24.0 Å². The summed E-state index contributed by atoms with van der Waals surface area (Å²) in [4.78, 5) is 35.9. The van der Waals surface area contributed by atoms with Crippen molar-refractivity contribution < 1.29 is 23.9 Å². The molecule has 1 atom stereocenters. The first kappa shape index (κ1) is 21.1. The molecule has 2 aromatic carbocycles. The van der Waals surface area contributed by atoms with E-state index in [0.29, 0.717) is 0 Å². The maximum atomic E-state index is 12.3. The smallest absolute Gasteiger partial charge is 0.328 e. The molecule has 0 aliphatic rings. The van der Waals surface area contributed by atoms with E-state index < -0.39 is 23.9 Å². The van der Waals surface area contributed by atoms with Crippen molar-refractivity contribution in [2.45, 2.75) is 32.1 Å². The van der Waals surface area contributed by atoms with Crippen molar-refractivity contribution in [3.8, 4) is 0 Å². The number of hydrogen-bond donors (Lipinski definition) is 2. The molecule has 28 heavy (non-hydrogen) atoms. The number of nitrogens with two attached hydrogens (primary N) is 1. The molecule has 1 amide bonds. The van der Waals surface area contributed by atoms with Crippen LogP contribution in [0.3, 0.4) is 0 Å². The quantitative estimate of drug-likeness (QED) is 0.604. The highest BCUT2D eigenvalue weighted by Gasteiger charge is 2.23. The van der Waals surface area contributed by atoms with Gasteiger partial charge in [0.15, 0.2) is 0 Å². The van der Waals surface area contributed by atoms with Crippen molar-refractivity contribution in [1.29, 1.82) is 0 Å². The molecule has 7 heteroatoms. The Morgan fingerprint density at radius 2 is 1.39 bits per heavy atom. The number of hydrogen-bond acceptors (Lipinski definition) is 6. The van der Waals surface area contributed by atoms with Crippen molar-refractivity contribution in [2.24, 2.45) is 5.73 Å². The van der Waals surface area contributed by atoms with Gasteiger partial charge in [-0.1, -0.05) is 60.7 Å². The maximum absolute atomic E-state index is 12.3. The van der Waals surface area contributed by atoms with Gasteiger partial charge >= 0.3 is 11.9 Å². The maximum Gasteiger partial charge on any atom is 0.328 e. The fraction of sp³-hybridized carbons (Fsp3) is 0.286. The molecule has 0 aromatic heterocycles. The number of benzene rings is 2. The highest BCUT2D eigenvalue weighted by molar-refractivity contribution is 5.85. The van der Waals surface area contributed by atoms with Crippen molar-refractivity contribution in [3.05, 3.63) is 71.8 Å². The minimum atomic E-state index is -0.968. The lowest BCUT2D eigenvalue weighted by Crippen LogP contribution is -2.44. The molecule has 0 saturated heterocycles. The van der Waals surface area contributed by atoms with Crippen LogP contribution < -0.4 is 11.1 Å². The number of rotatable bonds is 10. The molecule has 0 aliphatic heterocycles. The second-order valence-electron chi connectivity index (χ2n) is 6.10. The second kappa shape index (κ2) is 11.5. The summed E-state index contributed by atoms with van der Waals surface area (Å²) < 4.78 is 10.4. The van der Waals surface area contributed by atoms with Crippen molar-refractivity contribution >= 4 is 17.8 Å². The molecule has 7 nitrogen and oxygen atoms in total. The molecule has 0 saturated carbocycles. The lowest BCUT2D eigenvalue weighted by Gasteiger charge is -2.17. The van der Waals surface area contributed by atoms with E-state index in [9.17, 15) is 14.4 Å².